The number of fused-ring (bicyclic) bond motifs is 1. The average Bonchev–Trinajstić information content (AvgIpc) is 3.31. The second-order valence-electron chi connectivity index (χ2n) is 6.45. The van der Waals surface area contributed by atoms with Gasteiger partial charge in [-0.1, -0.05) is 0 Å². The molecule has 0 atom stereocenters. The second kappa shape index (κ2) is 6.66. The molecule has 0 bridgehead atoms. The largest absolute Gasteiger partial charge is 0.338 e. The van der Waals surface area contributed by atoms with Gasteiger partial charge in [0.25, 0.3) is 5.91 Å². The van der Waals surface area contributed by atoms with Crippen LogP contribution in [-0.2, 0) is 24.3 Å². The highest BCUT2D eigenvalue weighted by atomic mass is 16.2. The Morgan fingerprint density at radius 2 is 1.80 bits per heavy atom. The summed E-state index contributed by atoms with van der Waals surface area (Å²) in [7, 11) is 0. The minimum atomic E-state index is 0.000474. The Hall–Kier alpha value is -2.71. The molecule has 2 aromatic rings. The molecule has 0 aliphatic carbocycles. The summed E-state index contributed by atoms with van der Waals surface area (Å²) in [5, 5.41) is 8.30. The third-order valence-electron chi connectivity index (χ3n) is 4.90. The molecule has 0 aromatic carbocycles. The number of carbonyl (C=O) groups is 2. The highest BCUT2D eigenvalue weighted by Gasteiger charge is 2.28. The lowest BCUT2D eigenvalue weighted by Gasteiger charge is -2.34. The number of aryl methyl sites for hydroxylation is 1. The predicted molar refractivity (Wildman–Crippen MR) is 87.7 cm³/mol. The van der Waals surface area contributed by atoms with Crippen molar-refractivity contribution in [3.8, 4) is 0 Å². The number of hydrogen-bond acceptors (Lipinski definition) is 5. The monoisotopic (exact) mass is 343 g/mol. The average molecular weight is 343 g/mol. The van der Waals surface area contributed by atoms with Gasteiger partial charge in [0.05, 0.1) is 17.5 Å². The maximum Gasteiger partial charge on any atom is 0.257 e. The molecule has 0 spiro atoms. The number of carbonyl (C=O) groups excluding carboxylic acids is 2. The van der Waals surface area contributed by atoms with E-state index in [0.29, 0.717) is 26.2 Å². The molecule has 1 saturated heterocycles. The third-order valence-corrected chi connectivity index (χ3v) is 4.90. The van der Waals surface area contributed by atoms with Crippen LogP contribution in [0.3, 0.4) is 0 Å². The van der Waals surface area contributed by atoms with Gasteiger partial charge in [-0.05, 0) is 19.3 Å². The zero-order valence-corrected chi connectivity index (χ0v) is 14.0. The van der Waals surface area contributed by atoms with E-state index in [2.05, 4.69) is 15.2 Å². The number of hydrogen-bond donors (Lipinski definition) is 0. The van der Waals surface area contributed by atoms with Crippen molar-refractivity contribution in [2.45, 2.75) is 32.4 Å². The van der Waals surface area contributed by atoms with E-state index < -0.39 is 0 Å². The standard InChI is InChI=1S/C16H21N7O2/c24-15(10-22-12-17-11-19-22)20-5-7-21(8-6-20)16(25)13-9-18-23-4-2-1-3-14(13)23/h9,11-12H,1-8,10H2. The maximum absolute atomic E-state index is 12.8. The van der Waals surface area contributed by atoms with Crippen molar-refractivity contribution in [2.24, 2.45) is 0 Å². The van der Waals surface area contributed by atoms with Crippen LogP contribution in [0, 0.1) is 0 Å². The zero-order chi connectivity index (χ0) is 17.2. The molecular weight excluding hydrogens is 322 g/mol. The molecule has 9 heteroatoms. The summed E-state index contributed by atoms with van der Waals surface area (Å²) in [4.78, 5) is 32.5. The first-order chi connectivity index (χ1) is 12.2. The fraction of sp³-hybridized carbons (Fsp3) is 0.562. The third kappa shape index (κ3) is 3.13. The van der Waals surface area contributed by atoms with E-state index in [1.54, 1.807) is 11.1 Å². The van der Waals surface area contributed by atoms with Gasteiger partial charge in [-0.25, -0.2) is 9.67 Å². The summed E-state index contributed by atoms with van der Waals surface area (Å²) in [5.74, 6) is 0.0343. The molecule has 0 unspecified atom stereocenters. The smallest absolute Gasteiger partial charge is 0.257 e. The molecular formula is C16H21N7O2. The van der Waals surface area contributed by atoms with Gasteiger partial charge in [0.2, 0.25) is 5.91 Å². The van der Waals surface area contributed by atoms with Crippen molar-refractivity contribution in [1.82, 2.24) is 34.3 Å². The van der Waals surface area contributed by atoms with Gasteiger partial charge in [0.1, 0.15) is 19.2 Å². The van der Waals surface area contributed by atoms with Crippen molar-refractivity contribution >= 4 is 11.8 Å². The summed E-state index contributed by atoms with van der Waals surface area (Å²) in [6.07, 6.45) is 7.78. The van der Waals surface area contributed by atoms with Crippen molar-refractivity contribution in [1.29, 1.82) is 0 Å². The Morgan fingerprint density at radius 3 is 2.56 bits per heavy atom. The highest BCUT2D eigenvalue weighted by Crippen LogP contribution is 2.20. The number of amides is 2. The van der Waals surface area contributed by atoms with Crippen molar-refractivity contribution in [2.75, 3.05) is 26.2 Å². The van der Waals surface area contributed by atoms with Crippen LogP contribution in [0.5, 0.6) is 0 Å². The Bertz CT molecular complexity index is 760. The van der Waals surface area contributed by atoms with Crippen LogP contribution in [0.2, 0.25) is 0 Å². The van der Waals surface area contributed by atoms with Crippen molar-refractivity contribution < 1.29 is 9.59 Å². The van der Waals surface area contributed by atoms with E-state index in [1.807, 2.05) is 9.58 Å². The van der Waals surface area contributed by atoms with Crippen LogP contribution in [-0.4, -0.2) is 72.3 Å². The summed E-state index contributed by atoms with van der Waals surface area (Å²) in [6, 6.07) is 0. The first kappa shape index (κ1) is 15.8. The Balaban J connectivity index is 1.36. The normalized spacial score (nSPS) is 17.4. The molecule has 0 saturated carbocycles. The van der Waals surface area contributed by atoms with Gasteiger partial charge in [-0.2, -0.15) is 10.2 Å². The fourth-order valence-electron chi connectivity index (χ4n) is 3.48. The van der Waals surface area contributed by atoms with Crippen LogP contribution in [0.4, 0.5) is 0 Å². The van der Waals surface area contributed by atoms with E-state index in [-0.39, 0.29) is 18.4 Å². The van der Waals surface area contributed by atoms with Gasteiger partial charge in [0.15, 0.2) is 0 Å². The molecule has 0 N–H and O–H groups in total. The summed E-state index contributed by atoms with van der Waals surface area (Å²) in [5.41, 5.74) is 1.78. The first-order valence-corrected chi connectivity index (χ1v) is 8.66. The summed E-state index contributed by atoms with van der Waals surface area (Å²) < 4.78 is 3.47. The lowest BCUT2D eigenvalue weighted by molar-refractivity contribution is -0.133. The van der Waals surface area contributed by atoms with Crippen LogP contribution in [0.25, 0.3) is 0 Å². The van der Waals surface area contributed by atoms with Crippen LogP contribution >= 0.6 is 0 Å². The van der Waals surface area contributed by atoms with Gasteiger partial charge < -0.3 is 9.80 Å². The van der Waals surface area contributed by atoms with Crippen LogP contribution < -0.4 is 0 Å². The minimum Gasteiger partial charge on any atom is -0.338 e. The fourth-order valence-corrected chi connectivity index (χ4v) is 3.48. The van der Waals surface area contributed by atoms with Crippen molar-refractivity contribution in [3.63, 3.8) is 0 Å². The molecule has 2 aliphatic rings. The van der Waals surface area contributed by atoms with Crippen LogP contribution in [0.15, 0.2) is 18.9 Å². The summed E-state index contributed by atoms with van der Waals surface area (Å²) >= 11 is 0. The highest BCUT2D eigenvalue weighted by molar-refractivity contribution is 5.95. The topological polar surface area (TPSA) is 89.2 Å². The molecule has 4 heterocycles. The molecule has 1 fully saturated rings. The molecule has 0 radical (unpaired) electrons. The second-order valence-corrected chi connectivity index (χ2v) is 6.45. The van der Waals surface area contributed by atoms with E-state index >= 15 is 0 Å². The molecule has 9 nitrogen and oxygen atoms in total. The number of aromatic nitrogens is 5. The molecule has 25 heavy (non-hydrogen) atoms. The molecule has 2 aromatic heterocycles. The van der Waals surface area contributed by atoms with E-state index in [9.17, 15) is 9.59 Å². The van der Waals surface area contributed by atoms with Gasteiger partial charge in [-0.15, -0.1) is 0 Å². The molecule has 2 amide bonds. The molecule has 2 aliphatic heterocycles. The SMILES string of the molecule is O=C(Cn1cncn1)N1CCN(C(=O)c2cnn3c2CCCC3)CC1. The minimum absolute atomic E-state index is 0.000474. The van der Waals surface area contributed by atoms with Gasteiger partial charge in [-0.3, -0.25) is 14.3 Å². The summed E-state index contributed by atoms with van der Waals surface area (Å²) in [6.45, 7) is 3.27. The quantitative estimate of drug-likeness (QED) is 0.770. The lowest BCUT2D eigenvalue weighted by atomic mass is 10.1. The molecule has 132 valence electrons. The number of rotatable bonds is 3. The Morgan fingerprint density at radius 1 is 1.00 bits per heavy atom. The Kier molecular flexibility index (Phi) is 4.21. The Labute approximate surface area is 145 Å². The van der Waals surface area contributed by atoms with E-state index in [4.69, 9.17) is 0 Å². The maximum atomic E-state index is 12.8. The van der Waals surface area contributed by atoms with Gasteiger partial charge in [0, 0.05) is 32.7 Å². The molecule has 4 rings (SSSR count). The van der Waals surface area contributed by atoms with Gasteiger partial charge >= 0.3 is 0 Å². The van der Waals surface area contributed by atoms with E-state index in [0.717, 1.165) is 37.1 Å². The first-order valence-electron chi connectivity index (χ1n) is 8.66. The lowest BCUT2D eigenvalue weighted by Crippen LogP contribution is -2.51. The van der Waals surface area contributed by atoms with E-state index in [1.165, 1.54) is 17.3 Å². The predicted octanol–water partition coefficient (Wildman–Crippen LogP) is -0.204. The zero-order valence-electron chi connectivity index (χ0n) is 14.0. The number of nitrogens with zero attached hydrogens (tertiary/aromatic N) is 7. The number of piperazine rings is 1. The van der Waals surface area contributed by atoms with Crippen molar-refractivity contribution in [3.05, 3.63) is 30.1 Å². The van der Waals surface area contributed by atoms with Crippen LogP contribution in [0.1, 0.15) is 28.9 Å².